The molecule has 0 amide bonds. The van der Waals surface area contributed by atoms with E-state index >= 15 is 0 Å². The van der Waals surface area contributed by atoms with Gasteiger partial charge in [-0.1, -0.05) is 161 Å². The summed E-state index contributed by atoms with van der Waals surface area (Å²) in [6.45, 7) is 2.65. The summed E-state index contributed by atoms with van der Waals surface area (Å²) < 4.78 is 68.9. The Labute approximate surface area is 224 Å². The maximum absolute atomic E-state index is 12.7. The number of unbranched alkanes of at least 4 members (excludes halogenated alkanes) is 21. The van der Waals surface area contributed by atoms with Crippen LogP contribution < -0.4 is 4.74 Å². The van der Waals surface area contributed by atoms with Crippen LogP contribution in [-0.4, -0.2) is 6.61 Å². The number of rotatable bonds is 25. The van der Waals surface area contributed by atoms with Crippen LogP contribution >= 0.6 is 10.2 Å². The summed E-state index contributed by atoms with van der Waals surface area (Å²) in [5.41, 5.74) is 0. The second-order valence-electron chi connectivity index (χ2n) is 10.7. The van der Waals surface area contributed by atoms with Crippen molar-refractivity contribution in [2.24, 2.45) is 0 Å². The summed E-state index contributed by atoms with van der Waals surface area (Å²) in [6, 6.07) is 2.72. The van der Waals surface area contributed by atoms with Crippen LogP contribution in [-0.2, 0) is 0 Å². The third-order valence-corrected chi connectivity index (χ3v) is 8.20. The minimum atomic E-state index is -9.60. The van der Waals surface area contributed by atoms with Gasteiger partial charge in [-0.25, -0.2) is 0 Å². The monoisotopic (exact) mass is 556 g/mol. The van der Waals surface area contributed by atoms with E-state index in [0.717, 1.165) is 31.4 Å². The van der Waals surface area contributed by atoms with Gasteiger partial charge >= 0.3 is 10.2 Å². The summed E-state index contributed by atoms with van der Waals surface area (Å²) >= 11 is 0. The molecule has 7 heteroatoms. The molecule has 1 aromatic rings. The van der Waals surface area contributed by atoms with Crippen molar-refractivity contribution in [3.63, 3.8) is 0 Å². The first-order chi connectivity index (χ1) is 17.5. The molecule has 0 N–H and O–H groups in total. The number of benzene rings is 1. The van der Waals surface area contributed by atoms with Gasteiger partial charge in [-0.3, -0.25) is 0 Å². The zero-order valence-corrected chi connectivity index (χ0v) is 24.1. The Morgan fingerprint density at radius 3 is 1.05 bits per heavy atom. The number of hydrogen-bond acceptors (Lipinski definition) is 1. The zero-order chi connectivity index (χ0) is 27.4. The first-order valence-electron chi connectivity index (χ1n) is 15.0. The molecule has 1 nitrogen and oxygen atoms in total. The quantitative estimate of drug-likeness (QED) is 0.0859. The highest BCUT2D eigenvalue weighted by Gasteiger charge is 2.65. The zero-order valence-electron chi connectivity index (χ0n) is 23.3. The molecule has 0 radical (unpaired) electrons. The predicted molar refractivity (Wildman–Crippen MR) is 151 cm³/mol. The van der Waals surface area contributed by atoms with E-state index < -0.39 is 15.1 Å². The number of hydrogen-bond donors (Lipinski definition) is 0. The topological polar surface area (TPSA) is 9.23 Å². The molecule has 0 aromatic heterocycles. The van der Waals surface area contributed by atoms with Crippen LogP contribution in [0.1, 0.15) is 148 Å². The van der Waals surface area contributed by atoms with Crippen LogP contribution in [0.25, 0.3) is 0 Å². The molecule has 220 valence electrons. The van der Waals surface area contributed by atoms with Crippen molar-refractivity contribution < 1.29 is 24.2 Å². The first-order valence-corrected chi connectivity index (χ1v) is 16.9. The molecule has 1 aromatic carbocycles. The average Bonchev–Trinajstić information content (AvgIpc) is 2.83. The second kappa shape index (κ2) is 17.6. The van der Waals surface area contributed by atoms with Crippen LogP contribution in [0.4, 0.5) is 19.4 Å². The first kappa shape index (κ1) is 34.0. The molecule has 0 bridgehead atoms. The maximum Gasteiger partial charge on any atom is 0.310 e. The van der Waals surface area contributed by atoms with Gasteiger partial charge in [-0.05, 0) is 30.7 Å². The van der Waals surface area contributed by atoms with E-state index in [0.29, 0.717) is 18.7 Å². The third kappa shape index (κ3) is 19.7. The summed E-state index contributed by atoms with van der Waals surface area (Å²) in [5, 5.41) is 0. The van der Waals surface area contributed by atoms with Crippen molar-refractivity contribution in [1.29, 1.82) is 0 Å². The van der Waals surface area contributed by atoms with Gasteiger partial charge in [-0.15, -0.1) is 0 Å². The Morgan fingerprint density at radius 1 is 0.459 bits per heavy atom. The Hall–Kier alpha value is -0.980. The fourth-order valence-electron chi connectivity index (χ4n) is 4.69. The second-order valence-corrected chi connectivity index (χ2v) is 13.1. The third-order valence-electron chi connectivity index (χ3n) is 7.04. The van der Waals surface area contributed by atoms with Crippen molar-refractivity contribution in [2.45, 2.75) is 153 Å². The molecular weight excluding hydrogens is 503 g/mol. The van der Waals surface area contributed by atoms with E-state index in [2.05, 4.69) is 6.92 Å². The SMILES string of the molecule is CCCCCCCCCCCCCCCCCCCCCCCCOc1ccc(S(F)(F)(F)(F)F)cc1. The summed E-state index contributed by atoms with van der Waals surface area (Å²) in [5.74, 6) is 0.189. The molecule has 0 aliphatic rings. The van der Waals surface area contributed by atoms with Gasteiger partial charge in [0.25, 0.3) is 0 Å². The van der Waals surface area contributed by atoms with Crippen molar-refractivity contribution in [1.82, 2.24) is 0 Å². The lowest BCUT2D eigenvalue weighted by molar-refractivity contribution is 0.303. The van der Waals surface area contributed by atoms with E-state index in [1.165, 1.54) is 122 Å². The van der Waals surface area contributed by atoms with Gasteiger partial charge in [-0.2, -0.15) is 0 Å². The lowest BCUT2D eigenvalue weighted by Gasteiger charge is -2.40. The van der Waals surface area contributed by atoms with E-state index in [1.54, 1.807) is 0 Å². The molecule has 0 spiro atoms. The lowest BCUT2D eigenvalue weighted by atomic mass is 10.0. The van der Waals surface area contributed by atoms with Crippen molar-refractivity contribution in [3.05, 3.63) is 24.3 Å². The maximum atomic E-state index is 12.7. The Balaban J connectivity index is 1.81. The minimum Gasteiger partial charge on any atom is -0.494 e. The summed E-state index contributed by atoms with van der Waals surface area (Å²) in [7, 11) is -9.60. The van der Waals surface area contributed by atoms with E-state index in [4.69, 9.17) is 4.74 Å². The highest BCUT2D eigenvalue weighted by atomic mass is 32.5. The average molecular weight is 557 g/mol. The molecule has 0 atom stereocenters. The van der Waals surface area contributed by atoms with E-state index in [9.17, 15) is 19.4 Å². The summed E-state index contributed by atoms with van der Waals surface area (Å²) in [4.78, 5) is -1.88. The smallest absolute Gasteiger partial charge is 0.310 e. The van der Waals surface area contributed by atoms with Gasteiger partial charge in [0.2, 0.25) is 0 Å². The highest BCUT2D eigenvalue weighted by molar-refractivity contribution is 8.45. The molecule has 0 aliphatic carbocycles. The highest BCUT2D eigenvalue weighted by Crippen LogP contribution is 3.02. The summed E-state index contributed by atoms with van der Waals surface area (Å²) in [6.07, 6.45) is 28.9. The van der Waals surface area contributed by atoms with E-state index in [-0.39, 0.29) is 5.75 Å². The standard InChI is InChI=1S/C30H53F5OS/c1-2-3-4-5-6-7-8-9-10-11-12-13-14-15-16-17-18-19-20-21-22-23-28-36-29-24-26-30(27-25-29)37(31,32,33,34)35/h24-27H,2-23,28H2,1H3. The van der Waals surface area contributed by atoms with Crippen molar-refractivity contribution in [3.8, 4) is 5.75 Å². The van der Waals surface area contributed by atoms with Crippen molar-refractivity contribution in [2.75, 3.05) is 6.61 Å². The lowest BCUT2D eigenvalue weighted by Crippen LogP contribution is -2.06. The van der Waals surface area contributed by atoms with Crippen LogP contribution in [0.5, 0.6) is 5.75 Å². The fraction of sp³-hybridized carbons (Fsp3) is 0.800. The molecule has 0 fully saturated rings. The van der Waals surface area contributed by atoms with Gasteiger partial charge in [0.15, 0.2) is 0 Å². The largest absolute Gasteiger partial charge is 0.494 e. The Kier molecular flexibility index (Phi) is 16.2. The molecule has 0 unspecified atom stereocenters. The molecule has 0 heterocycles. The fourth-order valence-corrected chi connectivity index (χ4v) is 5.34. The van der Waals surface area contributed by atoms with Gasteiger partial charge in [0.1, 0.15) is 10.6 Å². The van der Waals surface area contributed by atoms with Gasteiger partial charge < -0.3 is 4.74 Å². The molecular formula is C30H53F5OS. The van der Waals surface area contributed by atoms with Gasteiger partial charge in [0.05, 0.1) is 6.61 Å². The van der Waals surface area contributed by atoms with Crippen molar-refractivity contribution >= 4 is 10.2 Å². The van der Waals surface area contributed by atoms with Gasteiger partial charge in [0, 0.05) is 0 Å². The normalized spacial score (nSPS) is 13.9. The molecule has 0 saturated heterocycles. The molecule has 1 rings (SSSR count). The van der Waals surface area contributed by atoms with Crippen LogP contribution in [0.3, 0.4) is 0 Å². The Morgan fingerprint density at radius 2 is 0.757 bits per heavy atom. The Bertz CT molecular complexity index is 676. The van der Waals surface area contributed by atoms with Crippen LogP contribution in [0.15, 0.2) is 29.2 Å². The predicted octanol–water partition coefficient (Wildman–Crippen LogP) is 13.3. The number of ether oxygens (including phenoxy) is 1. The van der Waals surface area contributed by atoms with Crippen LogP contribution in [0.2, 0.25) is 0 Å². The van der Waals surface area contributed by atoms with E-state index in [1.807, 2.05) is 0 Å². The molecule has 0 saturated carbocycles. The van der Waals surface area contributed by atoms with Crippen LogP contribution in [0, 0.1) is 0 Å². The number of halogens is 5. The molecule has 0 aliphatic heterocycles. The molecule has 37 heavy (non-hydrogen) atoms. The minimum absolute atomic E-state index is 0.189.